The van der Waals surface area contributed by atoms with Crippen LogP contribution in [0.15, 0.2) is 18.2 Å². The maximum atomic E-state index is 12.6. The van der Waals surface area contributed by atoms with Gasteiger partial charge in [0.15, 0.2) is 0 Å². The van der Waals surface area contributed by atoms with Gasteiger partial charge >= 0.3 is 0 Å². The van der Waals surface area contributed by atoms with Gasteiger partial charge in [-0.25, -0.2) is 0 Å². The first-order chi connectivity index (χ1) is 10.5. The Morgan fingerprint density at radius 3 is 2.57 bits per heavy atom. The molecule has 1 saturated heterocycles. The maximum absolute atomic E-state index is 12.6. The quantitative estimate of drug-likeness (QED) is 0.820. The highest BCUT2D eigenvalue weighted by atomic mass is 35.5. The van der Waals surface area contributed by atoms with E-state index in [-0.39, 0.29) is 29.9 Å². The number of rotatable bonds is 2. The van der Waals surface area contributed by atoms with Gasteiger partial charge in [0.2, 0.25) is 0 Å². The van der Waals surface area contributed by atoms with Crippen LogP contribution >= 0.6 is 35.6 Å². The molecule has 1 N–H and O–H groups in total. The zero-order chi connectivity index (χ0) is 15.7. The topological polar surface area (TPSA) is 32.3 Å². The summed E-state index contributed by atoms with van der Waals surface area (Å²) in [6.07, 6.45) is 7.19. The molecule has 1 saturated carbocycles. The number of likely N-dealkylation sites (tertiary alicyclic amines) is 1. The van der Waals surface area contributed by atoms with E-state index >= 15 is 0 Å². The van der Waals surface area contributed by atoms with Gasteiger partial charge < -0.3 is 5.32 Å². The molecule has 0 radical (unpaired) electrons. The highest BCUT2D eigenvalue weighted by molar-refractivity contribution is 6.42. The van der Waals surface area contributed by atoms with Crippen LogP contribution in [-0.4, -0.2) is 36.0 Å². The van der Waals surface area contributed by atoms with Crippen molar-refractivity contribution in [2.45, 2.75) is 50.1 Å². The number of carbonyl (C=O) groups is 1. The van der Waals surface area contributed by atoms with Crippen LogP contribution in [0.2, 0.25) is 10.0 Å². The van der Waals surface area contributed by atoms with Crippen LogP contribution in [0.25, 0.3) is 0 Å². The summed E-state index contributed by atoms with van der Waals surface area (Å²) in [5.74, 6) is -0.0520. The molecule has 0 bridgehead atoms. The Morgan fingerprint density at radius 2 is 1.91 bits per heavy atom. The lowest BCUT2D eigenvalue weighted by Gasteiger charge is -2.44. The van der Waals surface area contributed by atoms with Crippen LogP contribution in [0.5, 0.6) is 0 Å². The molecule has 0 aromatic heterocycles. The van der Waals surface area contributed by atoms with Crippen molar-refractivity contribution in [1.29, 1.82) is 0 Å². The number of likely N-dealkylation sites (N-methyl/N-ethyl adjacent to an activating group) is 1. The smallest absolute Gasteiger partial charge is 0.251 e. The largest absolute Gasteiger partial charge is 0.347 e. The molecule has 128 valence electrons. The minimum absolute atomic E-state index is 0. The average molecular weight is 378 g/mol. The Hall–Kier alpha value is -0.480. The zero-order valence-corrected chi connectivity index (χ0v) is 15.6. The standard InChI is InChI=1S/C17H22Cl2N2O.ClH/c1-21-10-7-15(17(21)8-3-2-4-9-17)20-16(22)12-5-6-13(18)14(19)11-12;/h5-6,11,15H,2-4,7-10H2,1H3,(H,20,22);1H. The van der Waals surface area contributed by atoms with Crippen LogP contribution in [0, 0.1) is 0 Å². The predicted octanol–water partition coefficient (Wildman–Crippen LogP) is 4.55. The Kier molecular flexibility index (Phi) is 6.23. The summed E-state index contributed by atoms with van der Waals surface area (Å²) in [6.45, 7) is 1.05. The second kappa shape index (κ2) is 7.60. The van der Waals surface area contributed by atoms with E-state index in [1.807, 2.05) is 0 Å². The Balaban J connectivity index is 0.00000192. The van der Waals surface area contributed by atoms with Gasteiger partial charge in [0.05, 0.1) is 10.0 Å². The molecule has 1 amide bonds. The van der Waals surface area contributed by atoms with Crippen LogP contribution in [0.1, 0.15) is 48.9 Å². The number of benzene rings is 1. The van der Waals surface area contributed by atoms with Crippen molar-refractivity contribution in [3.05, 3.63) is 33.8 Å². The van der Waals surface area contributed by atoms with Gasteiger partial charge in [-0.05, 0) is 44.5 Å². The lowest BCUT2D eigenvalue weighted by atomic mass is 9.77. The number of hydrogen-bond donors (Lipinski definition) is 1. The van der Waals surface area contributed by atoms with Crippen molar-refractivity contribution >= 4 is 41.5 Å². The van der Waals surface area contributed by atoms with Gasteiger partial charge in [0, 0.05) is 23.7 Å². The monoisotopic (exact) mass is 376 g/mol. The molecule has 1 aliphatic carbocycles. The first kappa shape index (κ1) is 18.9. The van der Waals surface area contributed by atoms with Crippen molar-refractivity contribution in [1.82, 2.24) is 10.2 Å². The van der Waals surface area contributed by atoms with Crippen molar-refractivity contribution in [2.24, 2.45) is 0 Å². The van der Waals surface area contributed by atoms with Crippen molar-refractivity contribution < 1.29 is 4.79 Å². The summed E-state index contributed by atoms with van der Waals surface area (Å²) in [5, 5.41) is 4.15. The first-order valence-electron chi connectivity index (χ1n) is 8.00. The van der Waals surface area contributed by atoms with Gasteiger partial charge in [-0.1, -0.05) is 42.5 Å². The van der Waals surface area contributed by atoms with E-state index in [1.54, 1.807) is 18.2 Å². The van der Waals surface area contributed by atoms with Gasteiger partial charge in [-0.2, -0.15) is 0 Å². The van der Waals surface area contributed by atoms with Crippen LogP contribution < -0.4 is 5.32 Å². The summed E-state index contributed by atoms with van der Waals surface area (Å²) < 4.78 is 0. The minimum Gasteiger partial charge on any atom is -0.347 e. The molecule has 2 fully saturated rings. The van der Waals surface area contributed by atoms with E-state index < -0.39 is 0 Å². The van der Waals surface area contributed by atoms with Crippen LogP contribution in [-0.2, 0) is 0 Å². The fourth-order valence-electron chi connectivity index (χ4n) is 4.06. The summed E-state index contributed by atoms with van der Waals surface area (Å²) >= 11 is 11.9. The molecule has 1 aromatic rings. The van der Waals surface area contributed by atoms with Crippen molar-refractivity contribution in [3.63, 3.8) is 0 Å². The molecular formula is C17H23Cl3N2O. The Labute approximate surface area is 154 Å². The van der Waals surface area contributed by atoms with E-state index in [1.165, 1.54) is 32.1 Å². The van der Waals surface area contributed by atoms with E-state index in [0.29, 0.717) is 15.6 Å². The van der Waals surface area contributed by atoms with Gasteiger partial charge in [-0.15, -0.1) is 12.4 Å². The summed E-state index contributed by atoms with van der Waals surface area (Å²) in [5.41, 5.74) is 0.722. The third-order valence-corrected chi connectivity index (χ3v) is 6.11. The lowest BCUT2D eigenvalue weighted by Crippen LogP contribution is -2.56. The third-order valence-electron chi connectivity index (χ3n) is 5.37. The Morgan fingerprint density at radius 1 is 1.22 bits per heavy atom. The second-order valence-electron chi connectivity index (χ2n) is 6.53. The van der Waals surface area contributed by atoms with E-state index in [4.69, 9.17) is 23.2 Å². The normalized spacial score (nSPS) is 23.5. The molecule has 1 aromatic carbocycles. The highest BCUT2D eigenvalue weighted by Gasteiger charge is 2.47. The van der Waals surface area contributed by atoms with Gasteiger partial charge in [0.25, 0.3) is 5.91 Å². The number of halogens is 3. The number of carbonyl (C=O) groups excluding carboxylic acids is 1. The SMILES string of the molecule is CN1CCC(NC(=O)c2ccc(Cl)c(Cl)c2)C12CCCCC2.Cl. The molecule has 3 rings (SSSR count). The molecule has 6 heteroatoms. The minimum atomic E-state index is -0.0520. The first-order valence-corrected chi connectivity index (χ1v) is 8.76. The van der Waals surface area contributed by atoms with Crippen LogP contribution in [0.3, 0.4) is 0 Å². The molecule has 23 heavy (non-hydrogen) atoms. The molecule has 1 heterocycles. The van der Waals surface area contributed by atoms with Crippen molar-refractivity contribution in [3.8, 4) is 0 Å². The summed E-state index contributed by atoms with van der Waals surface area (Å²) in [6, 6.07) is 5.27. The van der Waals surface area contributed by atoms with Crippen molar-refractivity contribution in [2.75, 3.05) is 13.6 Å². The maximum Gasteiger partial charge on any atom is 0.251 e. The summed E-state index contributed by atoms with van der Waals surface area (Å²) in [7, 11) is 2.19. The molecule has 1 unspecified atom stereocenters. The number of amides is 1. The van der Waals surface area contributed by atoms with E-state index in [2.05, 4.69) is 17.3 Å². The molecule has 1 atom stereocenters. The fraction of sp³-hybridized carbons (Fsp3) is 0.588. The second-order valence-corrected chi connectivity index (χ2v) is 7.34. The van der Waals surface area contributed by atoms with E-state index in [9.17, 15) is 4.79 Å². The lowest BCUT2D eigenvalue weighted by molar-refractivity contribution is 0.0764. The highest BCUT2D eigenvalue weighted by Crippen LogP contribution is 2.41. The number of hydrogen-bond acceptors (Lipinski definition) is 2. The Bertz CT molecular complexity index is 573. The average Bonchev–Trinajstić information content (AvgIpc) is 2.80. The number of nitrogens with one attached hydrogen (secondary N) is 1. The van der Waals surface area contributed by atoms with E-state index in [0.717, 1.165) is 13.0 Å². The third kappa shape index (κ3) is 3.63. The predicted molar refractivity (Wildman–Crippen MR) is 98.0 cm³/mol. The molecule has 1 spiro atoms. The number of nitrogens with zero attached hydrogens (tertiary/aromatic N) is 1. The molecule has 3 nitrogen and oxygen atoms in total. The molecular weight excluding hydrogens is 355 g/mol. The van der Waals surface area contributed by atoms with Gasteiger partial charge in [0.1, 0.15) is 0 Å². The molecule has 2 aliphatic rings. The van der Waals surface area contributed by atoms with Gasteiger partial charge in [-0.3, -0.25) is 9.69 Å². The fourth-order valence-corrected chi connectivity index (χ4v) is 4.36. The zero-order valence-electron chi connectivity index (χ0n) is 13.3. The molecule has 1 aliphatic heterocycles. The van der Waals surface area contributed by atoms with Crippen LogP contribution in [0.4, 0.5) is 0 Å². The summed E-state index contributed by atoms with van der Waals surface area (Å²) in [4.78, 5) is 15.0.